The van der Waals surface area contributed by atoms with Crippen LogP contribution >= 0.6 is 0 Å². The Morgan fingerprint density at radius 3 is 2.90 bits per heavy atom. The third-order valence-corrected chi connectivity index (χ3v) is 3.81. The lowest BCUT2D eigenvalue weighted by Crippen LogP contribution is -2.32. The highest BCUT2D eigenvalue weighted by atomic mass is 16.5. The van der Waals surface area contributed by atoms with Crippen LogP contribution in [0.15, 0.2) is 36.7 Å². The van der Waals surface area contributed by atoms with Crippen LogP contribution in [-0.4, -0.2) is 30.6 Å². The number of benzene rings is 1. The number of fused-ring (bicyclic) bond motifs is 1. The molecule has 4 heteroatoms. The Bertz CT molecular complexity index is 601. The molecular formula is C16H18N2O2. The van der Waals surface area contributed by atoms with Gasteiger partial charge in [-0.25, -0.2) is 0 Å². The molecule has 1 saturated heterocycles. The molecule has 1 fully saturated rings. The van der Waals surface area contributed by atoms with Gasteiger partial charge in [0.1, 0.15) is 0 Å². The van der Waals surface area contributed by atoms with E-state index in [9.17, 15) is 4.79 Å². The van der Waals surface area contributed by atoms with Crippen molar-refractivity contribution >= 4 is 16.7 Å². The number of rotatable bonds is 3. The average Bonchev–Trinajstić information content (AvgIpc) is 2.53. The summed E-state index contributed by atoms with van der Waals surface area (Å²) in [5, 5.41) is 4.97. The van der Waals surface area contributed by atoms with Gasteiger partial charge in [-0.3, -0.25) is 9.78 Å². The minimum absolute atomic E-state index is 0.0409. The number of hydrogen-bond donors (Lipinski definition) is 1. The highest BCUT2D eigenvalue weighted by Gasteiger charge is 2.16. The molecule has 1 aromatic carbocycles. The molecule has 3 rings (SSSR count). The zero-order chi connectivity index (χ0) is 13.8. The first-order chi connectivity index (χ1) is 9.84. The molecule has 2 aromatic rings. The zero-order valence-corrected chi connectivity index (χ0v) is 11.3. The van der Waals surface area contributed by atoms with E-state index < -0.39 is 0 Å². The van der Waals surface area contributed by atoms with Gasteiger partial charge in [0.25, 0.3) is 5.91 Å². The SMILES string of the molecule is O=C(NCC1CCOCC1)c1cncc2ccccc12. The van der Waals surface area contributed by atoms with Crippen molar-refractivity contribution in [3.05, 3.63) is 42.2 Å². The topological polar surface area (TPSA) is 51.2 Å². The first kappa shape index (κ1) is 13.1. The number of pyridine rings is 1. The van der Waals surface area contributed by atoms with Crippen molar-refractivity contribution in [3.63, 3.8) is 0 Å². The van der Waals surface area contributed by atoms with E-state index in [-0.39, 0.29) is 5.91 Å². The van der Waals surface area contributed by atoms with E-state index in [0.29, 0.717) is 18.0 Å². The minimum atomic E-state index is -0.0409. The molecule has 4 nitrogen and oxygen atoms in total. The second-order valence-electron chi connectivity index (χ2n) is 5.17. The van der Waals surface area contributed by atoms with Gasteiger partial charge in [0.05, 0.1) is 5.56 Å². The fourth-order valence-electron chi connectivity index (χ4n) is 2.58. The summed E-state index contributed by atoms with van der Waals surface area (Å²) < 4.78 is 5.33. The first-order valence-electron chi connectivity index (χ1n) is 7.03. The van der Waals surface area contributed by atoms with Gasteiger partial charge in [0.15, 0.2) is 0 Å². The Hall–Kier alpha value is -1.94. The lowest BCUT2D eigenvalue weighted by Gasteiger charge is -2.22. The Kier molecular flexibility index (Phi) is 3.92. The third kappa shape index (κ3) is 2.80. The van der Waals surface area contributed by atoms with Crippen LogP contribution in [0.4, 0.5) is 0 Å². The summed E-state index contributed by atoms with van der Waals surface area (Å²) in [6.45, 7) is 2.32. The molecule has 0 saturated carbocycles. The van der Waals surface area contributed by atoms with Gasteiger partial charge >= 0.3 is 0 Å². The number of nitrogens with zero attached hydrogens (tertiary/aromatic N) is 1. The van der Waals surface area contributed by atoms with E-state index >= 15 is 0 Å². The number of aromatic nitrogens is 1. The van der Waals surface area contributed by atoms with Crippen LogP contribution in [0.3, 0.4) is 0 Å². The van der Waals surface area contributed by atoms with E-state index in [2.05, 4.69) is 10.3 Å². The maximum Gasteiger partial charge on any atom is 0.253 e. The molecule has 2 heterocycles. The van der Waals surface area contributed by atoms with Crippen LogP contribution in [-0.2, 0) is 4.74 Å². The lowest BCUT2D eigenvalue weighted by molar-refractivity contribution is 0.0643. The predicted octanol–water partition coefficient (Wildman–Crippen LogP) is 2.39. The standard InChI is InChI=1S/C16H18N2O2/c19-16(18-9-12-5-7-20-8-6-12)15-11-17-10-13-3-1-2-4-14(13)15/h1-4,10-12H,5-9H2,(H,18,19). The molecule has 0 aliphatic carbocycles. The summed E-state index contributed by atoms with van der Waals surface area (Å²) in [5.74, 6) is 0.483. The molecule has 0 bridgehead atoms. The summed E-state index contributed by atoms with van der Waals surface area (Å²) in [5.41, 5.74) is 0.648. The van der Waals surface area contributed by atoms with Crippen molar-refractivity contribution in [2.75, 3.05) is 19.8 Å². The van der Waals surface area contributed by atoms with E-state index in [0.717, 1.165) is 36.8 Å². The second kappa shape index (κ2) is 6.01. The molecule has 1 amide bonds. The molecule has 0 radical (unpaired) electrons. The number of ether oxygens (including phenoxy) is 1. The van der Waals surface area contributed by atoms with Gasteiger partial charge in [0.2, 0.25) is 0 Å². The van der Waals surface area contributed by atoms with E-state index in [1.165, 1.54) is 0 Å². The van der Waals surface area contributed by atoms with Crippen LogP contribution in [0.2, 0.25) is 0 Å². The first-order valence-corrected chi connectivity index (χ1v) is 7.03. The smallest absolute Gasteiger partial charge is 0.253 e. The van der Waals surface area contributed by atoms with Crippen LogP contribution in [0.25, 0.3) is 10.8 Å². The van der Waals surface area contributed by atoms with Crippen molar-refractivity contribution in [1.82, 2.24) is 10.3 Å². The molecule has 104 valence electrons. The summed E-state index contributed by atoms with van der Waals surface area (Å²) in [7, 11) is 0. The van der Waals surface area contributed by atoms with E-state index in [1.54, 1.807) is 12.4 Å². The second-order valence-corrected chi connectivity index (χ2v) is 5.17. The van der Waals surface area contributed by atoms with Crippen LogP contribution < -0.4 is 5.32 Å². The summed E-state index contributed by atoms with van der Waals surface area (Å²) in [4.78, 5) is 16.5. The summed E-state index contributed by atoms with van der Waals surface area (Å²) in [6, 6.07) is 7.82. The Balaban J connectivity index is 1.72. The van der Waals surface area contributed by atoms with Crippen LogP contribution in [0.5, 0.6) is 0 Å². The van der Waals surface area contributed by atoms with Crippen molar-refractivity contribution in [3.8, 4) is 0 Å². The van der Waals surface area contributed by atoms with Gasteiger partial charge < -0.3 is 10.1 Å². The predicted molar refractivity (Wildman–Crippen MR) is 77.6 cm³/mol. The molecule has 1 aliphatic heterocycles. The Labute approximate surface area is 118 Å². The molecule has 0 spiro atoms. The molecule has 20 heavy (non-hydrogen) atoms. The van der Waals surface area contributed by atoms with E-state index in [1.807, 2.05) is 24.3 Å². The monoisotopic (exact) mass is 270 g/mol. The maximum absolute atomic E-state index is 12.3. The van der Waals surface area contributed by atoms with Gasteiger partial charge in [-0.05, 0) is 24.1 Å². The minimum Gasteiger partial charge on any atom is -0.381 e. The summed E-state index contributed by atoms with van der Waals surface area (Å²) >= 11 is 0. The highest BCUT2D eigenvalue weighted by Crippen LogP contribution is 2.17. The van der Waals surface area contributed by atoms with Crippen molar-refractivity contribution in [2.45, 2.75) is 12.8 Å². The van der Waals surface area contributed by atoms with Crippen molar-refractivity contribution in [1.29, 1.82) is 0 Å². The summed E-state index contributed by atoms with van der Waals surface area (Å²) in [6.07, 6.45) is 5.47. The van der Waals surface area contributed by atoms with Crippen molar-refractivity contribution < 1.29 is 9.53 Å². The van der Waals surface area contributed by atoms with Crippen LogP contribution in [0, 0.1) is 5.92 Å². The van der Waals surface area contributed by atoms with Gasteiger partial charge in [0, 0.05) is 37.5 Å². The molecular weight excluding hydrogens is 252 g/mol. The number of carbonyl (C=O) groups excluding carboxylic acids is 1. The Morgan fingerprint density at radius 2 is 2.05 bits per heavy atom. The molecule has 0 atom stereocenters. The average molecular weight is 270 g/mol. The van der Waals surface area contributed by atoms with Gasteiger partial charge in [-0.15, -0.1) is 0 Å². The third-order valence-electron chi connectivity index (χ3n) is 3.81. The fraction of sp³-hybridized carbons (Fsp3) is 0.375. The molecule has 1 aromatic heterocycles. The van der Waals surface area contributed by atoms with Crippen molar-refractivity contribution in [2.24, 2.45) is 5.92 Å². The van der Waals surface area contributed by atoms with Gasteiger partial charge in [-0.2, -0.15) is 0 Å². The number of hydrogen-bond acceptors (Lipinski definition) is 3. The lowest BCUT2D eigenvalue weighted by atomic mass is 10.00. The molecule has 0 unspecified atom stereocenters. The zero-order valence-electron chi connectivity index (χ0n) is 11.3. The van der Waals surface area contributed by atoms with E-state index in [4.69, 9.17) is 4.74 Å². The molecule has 1 aliphatic rings. The normalized spacial score (nSPS) is 16.2. The molecule has 1 N–H and O–H groups in total. The largest absolute Gasteiger partial charge is 0.381 e. The fourth-order valence-corrected chi connectivity index (χ4v) is 2.58. The van der Waals surface area contributed by atoms with Crippen LogP contribution in [0.1, 0.15) is 23.2 Å². The number of amides is 1. The Morgan fingerprint density at radius 1 is 1.25 bits per heavy atom. The maximum atomic E-state index is 12.3. The highest BCUT2D eigenvalue weighted by molar-refractivity contribution is 6.06. The number of nitrogens with one attached hydrogen (secondary N) is 1. The van der Waals surface area contributed by atoms with Gasteiger partial charge in [-0.1, -0.05) is 24.3 Å². The number of carbonyl (C=O) groups is 1. The quantitative estimate of drug-likeness (QED) is 0.931.